The molecule has 0 aliphatic carbocycles. The van der Waals surface area contributed by atoms with Crippen LogP contribution in [0, 0.1) is 12.3 Å². The van der Waals surface area contributed by atoms with Gasteiger partial charge in [0.05, 0.1) is 6.61 Å². The standard InChI is InChI=1S/C15H16O3/c1-4-7-14-10-12(8-9-13(14)5-2)11-18-15(16)17-6-3/h2,4,8-10H,1,6-7,11H2,3H3. The third-order valence-corrected chi connectivity index (χ3v) is 2.31. The average molecular weight is 244 g/mol. The van der Waals surface area contributed by atoms with Crippen LogP contribution in [0.5, 0.6) is 0 Å². The molecule has 0 radical (unpaired) electrons. The van der Waals surface area contributed by atoms with E-state index in [4.69, 9.17) is 11.2 Å². The van der Waals surface area contributed by atoms with E-state index in [0.717, 1.165) is 16.7 Å². The molecule has 3 nitrogen and oxygen atoms in total. The van der Waals surface area contributed by atoms with Gasteiger partial charge in [0, 0.05) is 5.56 Å². The summed E-state index contributed by atoms with van der Waals surface area (Å²) in [5, 5.41) is 0. The van der Waals surface area contributed by atoms with E-state index in [1.807, 2.05) is 18.2 Å². The maximum Gasteiger partial charge on any atom is 0.508 e. The molecule has 1 aromatic rings. The van der Waals surface area contributed by atoms with Crippen molar-refractivity contribution in [1.29, 1.82) is 0 Å². The topological polar surface area (TPSA) is 35.5 Å². The van der Waals surface area contributed by atoms with Crippen molar-refractivity contribution in [1.82, 2.24) is 0 Å². The van der Waals surface area contributed by atoms with Crippen molar-refractivity contribution >= 4 is 6.16 Å². The van der Waals surface area contributed by atoms with E-state index in [0.29, 0.717) is 13.0 Å². The molecule has 0 heterocycles. The minimum Gasteiger partial charge on any atom is -0.435 e. The Balaban J connectivity index is 2.73. The van der Waals surface area contributed by atoms with Crippen molar-refractivity contribution in [2.24, 2.45) is 0 Å². The summed E-state index contributed by atoms with van der Waals surface area (Å²) in [7, 11) is 0. The van der Waals surface area contributed by atoms with Gasteiger partial charge in [-0.15, -0.1) is 13.0 Å². The molecule has 0 aromatic heterocycles. The minimum absolute atomic E-state index is 0.174. The first-order chi connectivity index (χ1) is 8.71. The average Bonchev–Trinajstić information content (AvgIpc) is 2.37. The first kappa shape index (κ1) is 13.9. The Bertz CT molecular complexity index is 469. The molecule has 0 N–H and O–H groups in total. The van der Waals surface area contributed by atoms with Gasteiger partial charge >= 0.3 is 6.16 Å². The maximum absolute atomic E-state index is 11.1. The fraction of sp³-hybridized carbons (Fsp3) is 0.267. The Hall–Kier alpha value is -2.21. The van der Waals surface area contributed by atoms with Crippen LogP contribution >= 0.6 is 0 Å². The first-order valence-electron chi connectivity index (χ1n) is 5.70. The number of hydrogen-bond donors (Lipinski definition) is 0. The second-order valence-corrected chi connectivity index (χ2v) is 3.60. The molecule has 0 saturated carbocycles. The van der Waals surface area contributed by atoms with Crippen molar-refractivity contribution in [3.8, 4) is 12.3 Å². The van der Waals surface area contributed by atoms with Crippen molar-refractivity contribution in [2.45, 2.75) is 20.0 Å². The lowest BCUT2D eigenvalue weighted by Gasteiger charge is -2.07. The second kappa shape index (κ2) is 7.18. The minimum atomic E-state index is -0.663. The fourth-order valence-corrected chi connectivity index (χ4v) is 1.50. The summed E-state index contributed by atoms with van der Waals surface area (Å²) in [4.78, 5) is 11.1. The highest BCUT2D eigenvalue weighted by molar-refractivity contribution is 5.59. The van der Waals surface area contributed by atoms with Crippen molar-refractivity contribution in [3.63, 3.8) is 0 Å². The van der Waals surface area contributed by atoms with Crippen LogP contribution in [0.2, 0.25) is 0 Å². The second-order valence-electron chi connectivity index (χ2n) is 3.60. The summed E-state index contributed by atoms with van der Waals surface area (Å²) in [6.07, 6.45) is 7.21. The number of hydrogen-bond acceptors (Lipinski definition) is 3. The highest BCUT2D eigenvalue weighted by Gasteiger charge is 2.05. The van der Waals surface area contributed by atoms with E-state index < -0.39 is 6.16 Å². The van der Waals surface area contributed by atoms with Crippen LogP contribution in [0.3, 0.4) is 0 Å². The third-order valence-electron chi connectivity index (χ3n) is 2.31. The summed E-state index contributed by atoms with van der Waals surface area (Å²) >= 11 is 0. The molecule has 0 bridgehead atoms. The van der Waals surface area contributed by atoms with E-state index in [1.54, 1.807) is 13.0 Å². The summed E-state index contributed by atoms with van der Waals surface area (Å²) in [5.74, 6) is 2.61. The van der Waals surface area contributed by atoms with Gasteiger partial charge in [-0.2, -0.15) is 0 Å². The quantitative estimate of drug-likeness (QED) is 0.453. The molecule has 1 aromatic carbocycles. The zero-order valence-corrected chi connectivity index (χ0v) is 10.4. The molecule has 3 heteroatoms. The summed E-state index contributed by atoms with van der Waals surface area (Å²) in [6.45, 7) is 5.89. The van der Waals surface area contributed by atoms with E-state index in [-0.39, 0.29) is 6.61 Å². The van der Waals surface area contributed by atoms with Gasteiger partial charge < -0.3 is 9.47 Å². The Morgan fingerprint density at radius 1 is 1.50 bits per heavy atom. The lowest BCUT2D eigenvalue weighted by molar-refractivity contribution is 0.0536. The number of carbonyl (C=O) groups is 1. The Labute approximate surface area is 107 Å². The number of ether oxygens (including phenoxy) is 2. The van der Waals surface area contributed by atoms with Crippen LogP contribution < -0.4 is 0 Å². The van der Waals surface area contributed by atoms with Crippen molar-refractivity contribution < 1.29 is 14.3 Å². The molecule has 0 saturated heterocycles. The number of terminal acetylenes is 1. The summed E-state index contributed by atoms with van der Waals surface area (Å²) < 4.78 is 9.61. The van der Waals surface area contributed by atoms with Gasteiger partial charge in [-0.25, -0.2) is 4.79 Å². The molecule has 94 valence electrons. The number of carbonyl (C=O) groups excluding carboxylic acids is 1. The lowest BCUT2D eigenvalue weighted by atomic mass is 10.0. The summed E-state index contributed by atoms with van der Waals surface area (Å²) in [6, 6.07) is 5.58. The van der Waals surface area contributed by atoms with E-state index >= 15 is 0 Å². The molecule has 18 heavy (non-hydrogen) atoms. The predicted octanol–water partition coefficient (Wildman–Crippen LogP) is 3.07. The highest BCUT2D eigenvalue weighted by Crippen LogP contribution is 2.13. The summed E-state index contributed by atoms with van der Waals surface area (Å²) in [5.41, 5.74) is 2.70. The van der Waals surface area contributed by atoms with Crippen LogP contribution in [0.25, 0.3) is 0 Å². The Kier molecular flexibility index (Phi) is 5.53. The monoisotopic (exact) mass is 244 g/mol. The lowest BCUT2D eigenvalue weighted by Crippen LogP contribution is -2.07. The molecule has 1 rings (SSSR count). The van der Waals surface area contributed by atoms with E-state index in [9.17, 15) is 4.79 Å². The Morgan fingerprint density at radius 3 is 2.89 bits per heavy atom. The molecule has 0 unspecified atom stereocenters. The van der Waals surface area contributed by atoms with Crippen LogP contribution in [-0.2, 0) is 22.5 Å². The van der Waals surface area contributed by atoms with Gasteiger partial charge in [-0.05, 0) is 30.5 Å². The van der Waals surface area contributed by atoms with E-state index in [1.165, 1.54) is 0 Å². The van der Waals surface area contributed by atoms with Gasteiger partial charge in [0.1, 0.15) is 6.61 Å². The number of rotatable bonds is 5. The molecule has 0 aliphatic heterocycles. The number of allylic oxidation sites excluding steroid dienone is 1. The number of benzene rings is 1. The van der Waals surface area contributed by atoms with Gasteiger partial charge in [0.2, 0.25) is 0 Å². The molecular formula is C15H16O3. The van der Waals surface area contributed by atoms with Crippen LogP contribution in [0.4, 0.5) is 4.79 Å². The zero-order chi connectivity index (χ0) is 13.4. The van der Waals surface area contributed by atoms with Crippen molar-refractivity contribution in [3.05, 3.63) is 47.5 Å². The zero-order valence-electron chi connectivity index (χ0n) is 10.4. The predicted molar refractivity (Wildman–Crippen MR) is 70.1 cm³/mol. The van der Waals surface area contributed by atoms with Gasteiger partial charge in [-0.3, -0.25) is 0 Å². The van der Waals surface area contributed by atoms with Crippen LogP contribution in [0.1, 0.15) is 23.6 Å². The largest absolute Gasteiger partial charge is 0.508 e. The highest BCUT2D eigenvalue weighted by atomic mass is 16.7. The maximum atomic E-state index is 11.1. The molecule has 0 fully saturated rings. The SMILES string of the molecule is C#Cc1ccc(COC(=O)OCC)cc1CC=C. The third kappa shape index (κ3) is 3.99. The molecular weight excluding hydrogens is 228 g/mol. The van der Waals surface area contributed by atoms with Gasteiger partial charge in [0.25, 0.3) is 0 Å². The van der Waals surface area contributed by atoms with Crippen LogP contribution in [-0.4, -0.2) is 12.8 Å². The molecule has 0 spiro atoms. The molecule has 0 atom stereocenters. The fourth-order valence-electron chi connectivity index (χ4n) is 1.50. The first-order valence-corrected chi connectivity index (χ1v) is 5.70. The van der Waals surface area contributed by atoms with Crippen LogP contribution in [0.15, 0.2) is 30.9 Å². The van der Waals surface area contributed by atoms with E-state index in [2.05, 4.69) is 17.2 Å². The normalized spacial score (nSPS) is 9.33. The molecule has 0 amide bonds. The van der Waals surface area contributed by atoms with Crippen molar-refractivity contribution in [2.75, 3.05) is 6.61 Å². The van der Waals surface area contributed by atoms with Gasteiger partial charge in [-0.1, -0.05) is 24.1 Å². The van der Waals surface area contributed by atoms with Gasteiger partial charge in [0.15, 0.2) is 0 Å². The molecule has 0 aliphatic rings. The smallest absolute Gasteiger partial charge is 0.435 e. The Morgan fingerprint density at radius 2 is 2.28 bits per heavy atom.